The SMILES string of the molecule is CCOc1cc(C=C(C#N)C(=O)c2cccc([N+](=O)[O-])c2)ccc1OCc1ccc([N+](=O)[O-])cc1. The molecule has 3 aromatic rings. The van der Waals surface area contributed by atoms with Crippen molar-refractivity contribution in [1.29, 1.82) is 5.26 Å². The number of nitrogens with zero attached hydrogens (tertiary/aromatic N) is 3. The number of nitro groups is 2. The van der Waals surface area contributed by atoms with Gasteiger partial charge in [0.05, 0.1) is 16.5 Å². The number of allylic oxidation sites excluding steroid dienone is 1. The van der Waals surface area contributed by atoms with Gasteiger partial charge in [-0.05, 0) is 48.4 Å². The summed E-state index contributed by atoms with van der Waals surface area (Å²) in [5, 5.41) is 31.3. The van der Waals surface area contributed by atoms with Crippen molar-refractivity contribution in [2.24, 2.45) is 0 Å². The second-order valence-electron chi connectivity index (χ2n) is 7.16. The van der Waals surface area contributed by atoms with Gasteiger partial charge < -0.3 is 9.47 Å². The van der Waals surface area contributed by atoms with E-state index in [1.54, 1.807) is 37.3 Å². The molecule has 0 N–H and O–H groups in total. The Morgan fingerprint density at radius 2 is 1.66 bits per heavy atom. The molecule has 35 heavy (non-hydrogen) atoms. The molecule has 0 atom stereocenters. The summed E-state index contributed by atoms with van der Waals surface area (Å²) in [6.45, 7) is 2.26. The third-order valence-electron chi connectivity index (χ3n) is 4.80. The summed E-state index contributed by atoms with van der Waals surface area (Å²) in [6.07, 6.45) is 1.36. The Bertz CT molecular complexity index is 1340. The van der Waals surface area contributed by atoms with Crippen molar-refractivity contribution >= 4 is 23.2 Å². The molecule has 10 nitrogen and oxygen atoms in total. The molecule has 0 spiro atoms. The monoisotopic (exact) mass is 473 g/mol. The van der Waals surface area contributed by atoms with E-state index in [2.05, 4.69) is 0 Å². The maximum Gasteiger partial charge on any atom is 0.270 e. The van der Waals surface area contributed by atoms with Crippen LogP contribution in [0.2, 0.25) is 0 Å². The van der Waals surface area contributed by atoms with Gasteiger partial charge in [-0.2, -0.15) is 5.26 Å². The molecule has 0 aliphatic carbocycles. The minimum absolute atomic E-state index is 0.0205. The van der Waals surface area contributed by atoms with Gasteiger partial charge in [-0.25, -0.2) is 0 Å². The van der Waals surface area contributed by atoms with Crippen molar-refractivity contribution in [3.63, 3.8) is 0 Å². The average molecular weight is 473 g/mol. The molecule has 10 heteroatoms. The van der Waals surface area contributed by atoms with Gasteiger partial charge >= 0.3 is 0 Å². The molecule has 0 radical (unpaired) electrons. The largest absolute Gasteiger partial charge is 0.490 e. The fraction of sp³-hybridized carbons (Fsp3) is 0.120. The average Bonchev–Trinajstić information content (AvgIpc) is 2.86. The molecule has 0 bridgehead atoms. The van der Waals surface area contributed by atoms with E-state index in [0.29, 0.717) is 23.7 Å². The summed E-state index contributed by atoms with van der Waals surface area (Å²) >= 11 is 0. The van der Waals surface area contributed by atoms with E-state index in [0.717, 1.165) is 11.6 Å². The molecule has 3 rings (SSSR count). The maximum absolute atomic E-state index is 12.7. The number of nitro benzene ring substituents is 2. The van der Waals surface area contributed by atoms with Gasteiger partial charge in [0, 0.05) is 29.8 Å². The van der Waals surface area contributed by atoms with Crippen LogP contribution in [0.4, 0.5) is 11.4 Å². The van der Waals surface area contributed by atoms with Gasteiger partial charge in [-0.1, -0.05) is 18.2 Å². The number of benzene rings is 3. The molecule has 0 unspecified atom stereocenters. The number of rotatable bonds is 10. The number of ether oxygens (including phenoxy) is 2. The van der Waals surface area contributed by atoms with Gasteiger partial charge in [0.1, 0.15) is 18.2 Å². The second kappa shape index (κ2) is 11.2. The number of carbonyl (C=O) groups is 1. The van der Waals surface area contributed by atoms with Crippen LogP contribution in [-0.4, -0.2) is 22.2 Å². The summed E-state index contributed by atoms with van der Waals surface area (Å²) in [5.41, 5.74) is 0.768. The molecule has 0 aromatic heterocycles. The lowest BCUT2D eigenvalue weighted by Gasteiger charge is -2.13. The highest BCUT2D eigenvalue weighted by Gasteiger charge is 2.16. The molecule has 0 saturated heterocycles. The predicted molar refractivity (Wildman–Crippen MR) is 126 cm³/mol. The summed E-state index contributed by atoms with van der Waals surface area (Å²) < 4.78 is 11.4. The molecule has 0 amide bonds. The molecule has 0 heterocycles. The van der Waals surface area contributed by atoms with Gasteiger partial charge in [0.25, 0.3) is 11.4 Å². The Morgan fingerprint density at radius 3 is 2.29 bits per heavy atom. The zero-order valence-corrected chi connectivity index (χ0v) is 18.5. The van der Waals surface area contributed by atoms with Gasteiger partial charge in [-0.15, -0.1) is 0 Å². The number of hydrogen-bond donors (Lipinski definition) is 0. The second-order valence-corrected chi connectivity index (χ2v) is 7.16. The Morgan fingerprint density at radius 1 is 0.943 bits per heavy atom. The highest BCUT2D eigenvalue weighted by Crippen LogP contribution is 2.30. The quantitative estimate of drug-likeness (QED) is 0.127. The summed E-state index contributed by atoms with van der Waals surface area (Å²) in [4.78, 5) is 33.4. The van der Waals surface area contributed by atoms with Crippen LogP contribution >= 0.6 is 0 Å². The van der Waals surface area contributed by atoms with Gasteiger partial charge in [-0.3, -0.25) is 25.0 Å². The standard InChI is InChI=1S/C25H19N3O7/c1-2-34-24-13-18(8-11-23(24)35-16-17-6-9-21(10-7-17)27(30)31)12-20(15-26)25(29)19-4-3-5-22(14-19)28(32)33/h3-14H,2,16H2,1H3. The van der Waals surface area contributed by atoms with E-state index in [9.17, 15) is 30.3 Å². The first kappa shape index (κ1) is 24.6. The summed E-state index contributed by atoms with van der Waals surface area (Å²) in [7, 11) is 0. The summed E-state index contributed by atoms with van der Waals surface area (Å²) in [5.74, 6) is 0.141. The minimum atomic E-state index is -0.646. The number of hydrogen-bond acceptors (Lipinski definition) is 8. The topological polar surface area (TPSA) is 146 Å². The highest BCUT2D eigenvalue weighted by atomic mass is 16.6. The molecule has 0 aliphatic heterocycles. The van der Waals surface area contributed by atoms with Crippen molar-refractivity contribution in [2.45, 2.75) is 13.5 Å². The van der Waals surface area contributed by atoms with Crippen molar-refractivity contribution in [2.75, 3.05) is 6.61 Å². The van der Waals surface area contributed by atoms with E-state index in [4.69, 9.17) is 9.47 Å². The van der Waals surface area contributed by atoms with Crippen molar-refractivity contribution < 1.29 is 24.1 Å². The van der Waals surface area contributed by atoms with Crippen LogP contribution < -0.4 is 9.47 Å². The van der Waals surface area contributed by atoms with Crippen LogP contribution in [0.1, 0.15) is 28.4 Å². The van der Waals surface area contributed by atoms with E-state index in [1.807, 2.05) is 6.07 Å². The lowest BCUT2D eigenvalue weighted by Crippen LogP contribution is -2.03. The number of carbonyl (C=O) groups excluding carboxylic acids is 1. The summed E-state index contributed by atoms with van der Waals surface area (Å²) in [6, 6.07) is 17.8. The molecule has 0 aliphatic rings. The van der Waals surface area contributed by atoms with Crippen LogP contribution in [-0.2, 0) is 6.61 Å². The Balaban J connectivity index is 1.82. The first-order valence-electron chi connectivity index (χ1n) is 10.4. The first-order chi connectivity index (χ1) is 16.8. The molecule has 0 fully saturated rings. The van der Waals surface area contributed by atoms with Crippen LogP contribution in [0.5, 0.6) is 11.5 Å². The smallest absolute Gasteiger partial charge is 0.270 e. The number of Topliss-reactive ketones (excluding diaryl/α,β-unsaturated/α-hetero) is 1. The third-order valence-corrected chi connectivity index (χ3v) is 4.80. The first-order valence-corrected chi connectivity index (χ1v) is 10.4. The Labute approximate surface area is 199 Å². The zero-order chi connectivity index (χ0) is 25.4. The predicted octanol–water partition coefficient (Wildman–Crippen LogP) is 5.27. The number of ketones is 1. The zero-order valence-electron chi connectivity index (χ0n) is 18.5. The molecular formula is C25H19N3O7. The minimum Gasteiger partial charge on any atom is -0.490 e. The van der Waals surface area contributed by atoms with Gasteiger partial charge in [0.15, 0.2) is 11.5 Å². The van der Waals surface area contributed by atoms with E-state index < -0.39 is 15.6 Å². The van der Waals surface area contributed by atoms with E-state index in [1.165, 1.54) is 36.4 Å². The van der Waals surface area contributed by atoms with E-state index >= 15 is 0 Å². The van der Waals surface area contributed by atoms with Crippen molar-refractivity contribution in [3.8, 4) is 17.6 Å². The fourth-order valence-electron chi connectivity index (χ4n) is 3.11. The van der Waals surface area contributed by atoms with Crippen LogP contribution in [0.15, 0.2) is 72.3 Å². The third kappa shape index (κ3) is 6.27. The van der Waals surface area contributed by atoms with Crippen LogP contribution in [0.3, 0.4) is 0 Å². The fourth-order valence-corrected chi connectivity index (χ4v) is 3.11. The lowest BCUT2D eigenvalue weighted by molar-refractivity contribution is -0.385. The van der Waals surface area contributed by atoms with Crippen LogP contribution in [0, 0.1) is 31.6 Å². The van der Waals surface area contributed by atoms with Crippen LogP contribution in [0.25, 0.3) is 6.08 Å². The Kier molecular flexibility index (Phi) is 7.87. The molecule has 0 saturated carbocycles. The number of nitriles is 1. The molecular weight excluding hydrogens is 454 g/mol. The van der Waals surface area contributed by atoms with E-state index in [-0.39, 0.29) is 29.1 Å². The molecule has 3 aromatic carbocycles. The van der Waals surface area contributed by atoms with Crippen molar-refractivity contribution in [1.82, 2.24) is 0 Å². The van der Waals surface area contributed by atoms with Crippen molar-refractivity contribution in [3.05, 3.63) is 109 Å². The highest BCUT2D eigenvalue weighted by molar-refractivity contribution is 6.14. The maximum atomic E-state index is 12.7. The number of non-ortho nitro benzene ring substituents is 2. The normalized spacial score (nSPS) is 10.8. The molecule has 176 valence electrons. The lowest BCUT2D eigenvalue weighted by atomic mass is 10.0. The van der Waals surface area contributed by atoms with Gasteiger partial charge in [0.2, 0.25) is 5.78 Å². The Hall–Kier alpha value is -5.04.